The number of thioether (sulfide) groups is 1. The minimum absolute atomic E-state index is 0. The van der Waals surface area contributed by atoms with Gasteiger partial charge in [-0.2, -0.15) is 11.8 Å². The molecule has 4 N–H and O–H groups in total. The van der Waals surface area contributed by atoms with Gasteiger partial charge in [-0.15, -0.1) is 12.4 Å². The maximum Gasteiger partial charge on any atom is 0.315 e. The average molecular weight is 391 g/mol. The van der Waals surface area contributed by atoms with E-state index in [1.54, 1.807) is 0 Å². The summed E-state index contributed by atoms with van der Waals surface area (Å²) < 4.78 is 0. The van der Waals surface area contributed by atoms with Crippen LogP contribution in [0.5, 0.6) is 0 Å². The van der Waals surface area contributed by atoms with Gasteiger partial charge in [0.1, 0.15) is 0 Å². The van der Waals surface area contributed by atoms with Gasteiger partial charge in [0.25, 0.3) is 0 Å². The van der Waals surface area contributed by atoms with E-state index in [1.807, 2.05) is 11.8 Å². The predicted molar refractivity (Wildman–Crippen MR) is 104 cm³/mol. The van der Waals surface area contributed by atoms with E-state index in [4.69, 9.17) is 0 Å². The first-order valence-corrected chi connectivity index (χ1v) is 10.4. The molecule has 6 nitrogen and oxygen atoms in total. The smallest absolute Gasteiger partial charge is 0.315 e. The van der Waals surface area contributed by atoms with Crippen LogP contribution in [0.15, 0.2) is 0 Å². The Hall–Kier alpha value is -0.660. The molecule has 3 fully saturated rings. The van der Waals surface area contributed by atoms with E-state index in [9.17, 15) is 9.59 Å². The fourth-order valence-corrected chi connectivity index (χ4v) is 5.49. The van der Waals surface area contributed by atoms with Gasteiger partial charge in [0.15, 0.2) is 0 Å². The summed E-state index contributed by atoms with van der Waals surface area (Å²) >= 11 is 1.94. The second-order valence-corrected chi connectivity index (χ2v) is 8.49. The molecule has 0 aromatic carbocycles. The first-order valence-electron chi connectivity index (χ1n) is 9.38. The Kier molecular flexibility index (Phi) is 8.66. The molecule has 3 saturated heterocycles. The van der Waals surface area contributed by atoms with Gasteiger partial charge < -0.3 is 21.3 Å². The van der Waals surface area contributed by atoms with Crippen LogP contribution in [-0.2, 0) is 4.79 Å². The predicted octanol–water partition coefficient (Wildman–Crippen LogP) is 1.64. The van der Waals surface area contributed by atoms with Gasteiger partial charge in [0.2, 0.25) is 5.91 Å². The second kappa shape index (κ2) is 10.5. The molecular weight excluding hydrogens is 360 g/mol. The fourth-order valence-electron chi connectivity index (χ4n) is 3.95. The lowest BCUT2D eigenvalue weighted by molar-refractivity contribution is -0.121. The van der Waals surface area contributed by atoms with Crippen LogP contribution < -0.4 is 21.3 Å². The van der Waals surface area contributed by atoms with Crippen molar-refractivity contribution in [3.8, 4) is 0 Å². The highest BCUT2D eigenvalue weighted by atomic mass is 35.5. The van der Waals surface area contributed by atoms with Gasteiger partial charge in [0.05, 0.1) is 12.1 Å². The van der Waals surface area contributed by atoms with Crippen molar-refractivity contribution in [2.45, 2.75) is 62.3 Å². The molecule has 1 unspecified atom stereocenters. The molecule has 0 spiro atoms. The molecule has 0 aromatic rings. The highest BCUT2D eigenvalue weighted by molar-refractivity contribution is 8.00. The Bertz CT molecular complexity index is 448. The summed E-state index contributed by atoms with van der Waals surface area (Å²) in [6.45, 7) is 3.05. The Labute approximate surface area is 160 Å². The number of halogens is 1. The minimum Gasteiger partial charge on any atom is -0.356 e. The monoisotopic (exact) mass is 390 g/mol. The fraction of sp³-hybridized carbons (Fsp3) is 0.882. The molecule has 3 heterocycles. The molecule has 4 atom stereocenters. The van der Waals surface area contributed by atoms with Crippen LogP contribution in [-0.4, -0.2) is 54.7 Å². The van der Waals surface area contributed by atoms with Crippen LogP contribution >= 0.6 is 24.2 Å². The Morgan fingerprint density at radius 3 is 2.92 bits per heavy atom. The zero-order valence-electron chi connectivity index (χ0n) is 14.7. The van der Waals surface area contributed by atoms with Crippen molar-refractivity contribution in [2.75, 3.05) is 25.4 Å². The zero-order chi connectivity index (χ0) is 16.8. The number of piperidine rings is 1. The number of carbonyl (C=O) groups is 2. The second-order valence-electron chi connectivity index (χ2n) is 7.22. The molecule has 3 aliphatic heterocycles. The number of carbonyl (C=O) groups excluding carboxylic acids is 2. The average Bonchev–Trinajstić information content (AvgIpc) is 3.12. The topological polar surface area (TPSA) is 82.3 Å². The molecule has 3 amide bonds. The zero-order valence-corrected chi connectivity index (χ0v) is 16.4. The van der Waals surface area contributed by atoms with Crippen molar-refractivity contribution in [3.05, 3.63) is 0 Å². The molecular formula is C17H31ClN4O2S. The summed E-state index contributed by atoms with van der Waals surface area (Å²) in [5, 5.41) is 13.0. The van der Waals surface area contributed by atoms with Gasteiger partial charge in [-0.3, -0.25) is 4.79 Å². The molecule has 8 heteroatoms. The first-order chi connectivity index (χ1) is 11.7. The quantitative estimate of drug-likeness (QED) is 0.375. The van der Waals surface area contributed by atoms with Crippen LogP contribution in [0, 0.1) is 5.92 Å². The van der Waals surface area contributed by atoms with E-state index >= 15 is 0 Å². The lowest BCUT2D eigenvalue weighted by Gasteiger charge is -2.22. The van der Waals surface area contributed by atoms with Crippen molar-refractivity contribution in [1.29, 1.82) is 0 Å². The van der Waals surface area contributed by atoms with Crippen molar-refractivity contribution in [1.82, 2.24) is 21.3 Å². The van der Waals surface area contributed by atoms with Gasteiger partial charge >= 0.3 is 6.03 Å². The maximum atomic E-state index is 11.9. The lowest BCUT2D eigenvalue weighted by atomic mass is 9.96. The maximum absolute atomic E-state index is 11.9. The van der Waals surface area contributed by atoms with E-state index in [0.29, 0.717) is 17.7 Å². The minimum atomic E-state index is -0.0251. The van der Waals surface area contributed by atoms with E-state index in [1.165, 1.54) is 12.8 Å². The Morgan fingerprint density at radius 1 is 1.24 bits per heavy atom. The molecule has 0 radical (unpaired) electrons. The molecule has 144 valence electrons. The van der Waals surface area contributed by atoms with Crippen LogP contribution in [0.25, 0.3) is 0 Å². The number of hydrogen-bond donors (Lipinski definition) is 4. The molecule has 3 rings (SSSR count). The summed E-state index contributed by atoms with van der Waals surface area (Å²) in [5.74, 6) is 1.91. The van der Waals surface area contributed by atoms with Gasteiger partial charge in [-0.05, 0) is 51.1 Å². The summed E-state index contributed by atoms with van der Waals surface area (Å²) in [6.07, 6.45) is 7.33. The lowest BCUT2D eigenvalue weighted by Crippen LogP contribution is -2.36. The van der Waals surface area contributed by atoms with Gasteiger partial charge in [-0.25, -0.2) is 4.79 Å². The number of fused-ring (bicyclic) bond motifs is 1. The van der Waals surface area contributed by atoms with E-state index in [0.717, 1.165) is 57.0 Å². The number of nitrogens with one attached hydrogen (secondary N) is 4. The highest BCUT2D eigenvalue weighted by Crippen LogP contribution is 2.33. The molecule has 25 heavy (non-hydrogen) atoms. The number of rotatable bonds is 8. The van der Waals surface area contributed by atoms with Gasteiger partial charge in [0, 0.05) is 24.0 Å². The molecule has 0 bridgehead atoms. The Morgan fingerprint density at radius 2 is 2.12 bits per heavy atom. The van der Waals surface area contributed by atoms with Gasteiger partial charge in [-0.1, -0.05) is 6.42 Å². The van der Waals surface area contributed by atoms with Crippen molar-refractivity contribution in [3.63, 3.8) is 0 Å². The molecule has 0 aromatic heterocycles. The van der Waals surface area contributed by atoms with Crippen molar-refractivity contribution in [2.24, 2.45) is 5.92 Å². The standard InChI is InChI=1S/C17H30N4O2S.ClH/c22-15(19-9-7-12-4-3-8-18-10-12)6-2-1-5-14-16-13(11-24-14)20-17(23)21-16;/h12-14,16,18H,1-11H2,(H,19,22)(H2,20,21,23);1H/t12?,13-,14-,16-;/m0./s1. The van der Waals surface area contributed by atoms with E-state index in [2.05, 4.69) is 21.3 Å². The number of hydrogen-bond acceptors (Lipinski definition) is 4. The summed E-state index contributed by atoms with van der Waals surface area (Å²) in [7, 11) is 0. The molecule has 0 aliphatic carbocycles. The number of unbranched alkanes of at least 4 members (excludes halogenated alkanes) is 1. The largest absolute Gasteiger partial charge is 0.356 e. The molecule has 0 saturated carbocycles. The van der Waals surface area contributed by atoms with Crippen molar-refractivity contribution < 1.29 is 9.59 Å². The first kappa shape index (κ1) is 20.6. The number of amides is 3. The summed E-state index contributed by atoms with van der Waals surface area (Å²) in [4.78, 5) is 23.3. The van der Waals surface area contributed by atoms with Crippen molar-refractivity contribution >= 4 is 36.1 Å². The third kappa shape index (κ3) is 6.22. The third-order valence-electron chi connectivity index (χ3n) is 5.35. The summed E-state index contributed by atoms with van der Waals surface area (Å²) in [6, 6.07) is 0.549. The van der Waals surface area contributed by atoms with Crippen LogP contribution in [0.2, 0.25) is 0 Å². The number of urea groups is 1. The summed E-state index contributed by atoms with van der Waals surface area (Å²) in [5.41, 5.74) is 0. The van der Waals surface area contributed by atoms with E-state index < -0.39 is 0 Å². The molecule has 3 aliphatic rings. The Balaban J connectivity index is 0.00000225. The van der Waals surface area contributed by atoms with Crippen LogP contribution in [0.1, 0.15) is 44.9 Å². The normalized spacial score (nSPS) is 30.8. The van der Waals surface area contributed by atoms with Crippen LogP contribution in [0.3, 0.4) is 0 Å². The third-order valence-corrected chi connectivity index (χ3v) is 6.86. The van der Waals surface area contributed by atoms with Crippen LogP contribution in [0.4, 0.5) is 4.79 Å². The highest BCUT2D eigenvalue weighted by Gasteiger charge is 2.42. The van der Waals surface area contributed by atoms with E-state index in [-0.39, 0.29) is 30.4 Å². The SMILES string of the molecule is Cl.O=C(CCCC[C@@H]1SC[C@@H]2NC(=O)N[C@@H]21)NCCC1CCCNC1.